The number of aryl methyl sites for hydroxylation is 1. The van der Waals surface area contributed by atoms with E-state index >= 15 is 0 Å². The molecule has 2 heteroatoms. The van der Waals surface area contributed by atoms with Gasteiger partial charge in [0.1, 0.15) is 5.82 Å². The minimum atomic E-state index is 0.967. The monoisotopic (exact) mass is 232 g/mol. The third-order valence-electron chi connectivity index (χ3n) is 3.44. The Morgan fingerprint density at radius 2 is 1.89 bits per heavy atom. The van der Waals surface area contributed by atoms with Crippen molar-refractivity contribution in [3.05, 3.63) is 54.1 Å². The van der Waals surface area contributed by atoms with Crippen LogP contribution in [0, 0.1) is 6.92 Å². The largest absolute Gasteiger partial charge is 0.339 e. The van der Waals surface area contributed by atoms with Crippen LogP contribution in [0.1, 0.15) is 5.56 Å². The van der Waals surface area contributed by atoms with E-state index in [2.05, 4.69) is 59.4 Å². The summed E-state index contributed by atoms with van der Waals surface area (Å²) in [4.78, 5) is 8.06. The van der Waals surface area contributed by atoms with Crippen molar-refractivity contribution in [3.63, 3.8) is 0 Å². The van der Waals surface area contributed by atoms with Crippen LogP contribution in [-0.4, -0.2) is 9.97 Å². The molecule has 0 bridgehead atoms. The van der Waals surface area contributed by atoms with Gasteiger partial charge in [0.25, 0.3) is 0 Å². The van der Waals surface area contributed by atoms with E-state index in [-0.39, 0.29) is 0 Å². The van der Waals surface area contributed by atoms with Crippen LogP contribution in [0.4, 0.5) is 0 Å². The number of hydrogen-bond donors (Lipinski definition) is 1. The first-order chi connectivity index (χ1) is 8.81. The second kappa shape index (κ2) is 3.33. The molecule has 2 nitrogen and oxygen atoms in total. The number of aromatic nitrogens is 2. The number of rotatable bonds is 0. The number of fused-ring (bicyclic) bond motifs is 4. The summed E-state index contributed by atoms with van der Waals surface area (Å²) in [6.45, 7) is 2.11. The number of nitrogens with zero attached hydrogens (tertiary/aromatic N) is 1. The topological polar surface area (TPSA) is 28.7 Å². The third-order valence-corrected chi connectivity index (χ3v) is 3.44. The van der Waals surface area contributed by atoms with Gasteiger partial charge in [0.15, 0.2) is 0 Å². The van der Waals surface area contributed by atoms with E-state index in [1.807, 2.05) is 6.07 Å². The molecule has 1 N–H and O–H groups in total. The Hall–Kier alpha value is -2.35. The zero-order valence-corrected chi connectivity index (χ0v) is 10.1. The van der Waals surface area contributed by atoms with E-state index < -0.39 is 0 Å². The van der Waals surface area contributed by atoms with Crippen molar-refractivity contribution >= 4 is 21.8 Å². The fraction of sp³-hybridized carbons (Fsp3) is 0.0625. The second-order valence-electron chi connectivity index (χ2n) is 4.75. The molecule has 86 valence electrons. The molecule has 0 spiro atoms. The lowest BCUT2D eigenvalue weighted by Crippen LogP contribution is -1.85. The molecule has 2 aliphatic heterocycles. The fourth-order valence-electron chi connectivity index (χ4n) is 2.53. The van der Waals surface area contributed by atoms with Crippen molar-refractivity contribution in [3.8, 4) is 11.4 Å². The predicted octanol–water partition coefficient (Wildman–Crippen LogP) is 4.13. The van der Waals surface area contributed by atoms with Gasteiger partial charge in [0.2, 0.25) is 0 Å². The normalized spacial score (nSPS) is 11.6. The van der Waals surface area contributed by atoms with E-state index in [1.165, 1.54) is 21.9 Å². The Bertz CT molecular complexity index is 842. The van der Waals surface area contributed by atoms with E-state index in [1.54, 1.807) is 0 Å². The molecule has 2 heterocycles. The van der Waals surface area contributed by atoms with Crippen LogP contribution in [0.2, 0.25) is 0 Å². The van der Waals surface area contributed by atoms with E-state index in [9.17, 15) is 0 Å². The molecule has 0 aliphatic carbocycles. The summed E-state index contributed by atoms with van der Waals surface area (Å²) in [7, 11) is 0. The molecular weight excluding hydrogens is 220 g/mol. The lowest BCUT2D eigenvalue weighted by Gasteiger charge is -2.03. The Balaban J connectivity index is 2.21. The Morgan fingerprint density at radius 3 is 2.83 bits per heavy atom. The van der Waals surface area contributed by atoms with Crippen molar-refractivity contribution in [1.29, 1.82) is 0 Å². The quantitative estimate of drug-likeness (QED) is 0.485. The zero-order chi connectivity index (χ0) is 12.1. The van der Waals surface area contributed by atoms with Crippen molar-refractivity contribution in [2.45, 2.75) is 6.92 Å². The van der Waals surface area contributed by atoms with Crippen LogP contribution in [-0.2, 0) is 0 Å². The highest BCUT2D eigenvalue weighted by molar-refractivity contribution is 6.00. The highest BCUT2D eigenvalue weighted by atomic mass is 14.9. The number of nitrogens with one attached hydrogen (secondary N) is 1. The number of benzene rings is 2. The smallest absolute Gasteiger partial charge is 0.139 e. The molecule has 0 atom stereocenters. The number of H-pyrrole nitrogens is 1. The van der Waals surface area contributed by atoms with Crippen LogP contribution in [0.25, 0.3) is 33.2 Å². The van der Waals surface area contributed by atoms with Crippen LogP contribution in [0.5, 0.6) is 0 Å². The molecule has 0 saturated heterocycles. The summed E-state index contributed by atoms with van der Waals surface area (Å²) in [6, 6.07) is 16.9. The van der Waals surface area contributed by atoms with Crippen molar-refractivity contribution < 1.29 is 0 Å². The van der Waals surface area contributed by atoms with E-state index in [4.69, 9.17) is 0 Å². The Morgan fingerprint density at radius 1 is 1.00 bits per heavy atom. The number of hydrogen-bond acceptors (Lipinski definition) is 1. The average molecular weight is 232 g/mol. The third kappa shape index (κ3) is 1.26. The Kier molecular flexibility index (Phi) is 1.78. The molecule has 0 radical (unpaired) electrons. The minimum absolute atomic E-state index is 0.967. The molecule has 18 heavy (non-hydrogen) atoms. The van der Waals surface area contributed by atoms with Gasteiger partial charge in [-0.1, -0.05) is 29.8 Å². The van der Waals surface area contributed by atoms with Gasteiger partial charge in [-0.15, -0.1) is 0 Å². The molecule has 0 unspecified atom stereocenters. The SMILES string of the molecule is Cc1ccc2nc3[nH]c4ccccc4cc-3c2c1. The molecule has 2 aromatic rings. The van der Waals surface area contributed by atoms with Gasteiger partial charge in [-0.05, 0) is 36.6 Å². The van der Waals surface area contributed by atoms with Gasteiger partial charge in [-0.2, -0.15) is 0 Å². The summed E-state index contributed by atoms with van der Waals surface area (Å²) < 4.78 is 0. The van der Waals surface area contributed by atoms with Gasteiger partial charge in [-0.3, -0.25) is 0 Å². The first-order valence-corrected chi connectivity index (χ1v) is 6.09. The van der Waals surface area contributed by atoms with Crippen molar-refractivity contribution in [1.82, 2.24) is 9.97 Å². The van der Waals surface area contributed by atoms with Gasteiger partial charge >= 0.3 is 0 Å². The molecule has 0 fully saturated rings. The lowest BCUT2D eigenvalue weighted by atomic mass is 10.1. The summed E-state index contributed by atoms with van der Waals surface area (Å²) in [5, 5.41) is 2.45. The lowest BCUT2D eigenvalue weighted by molar-refractivity contribution is 1.30. The summed E-state index contributed by atoms with van der Waals surface area (Å²) in [5.41, 5.74) is 4.66. The summed E-state index contributed by atoms with van der Waals surface area (Å²) in [6.07, 6.45) is 0. The zero-order valence-electron chi connectivity index (χ0n) is 10.1. The molecule has 4 rings (SSSR count). The van der Waals surface area contributed by atoms with Crippen LogP contribution in [0.3, 0.4) is 0 Å². The molecular formula is C16H12N2. The standard InChI is InChI=1S/C16H12N2/c1-10-6-7-15-12(8-10)13-9-11-4-2-3-5-14(11)17-16(13)18-15/h2-9H,1H3,(H,17,18). The molecule has 2 aliphatic rings. The maximum atomic E-state index is 4.65. The number of aromatic amines is 1. The number of para-hydroxylation sites is 1. The first kappa shape index (κ1) is 9.66. The molecule has 0 amide bonds. The molecule has 2 aromatic carbocycles. The van der Waals surface area contributed by atoms with E-state index in [0.29, 0.717) is 0 Å². The first-order valence-electron chi connectivity index (χ1n) is 6.09. The summed E-state index contributed by atoms with van der Waals surface area (Å²) in [5.74, 6) is 0.967. The highest BCUT2D eigenvalue weighted by Gasteiger charge is 2.12. The average Bonchev–Trinajstić information content (AvgIpc) is 2.73. The van der Waals surface area contributed by atoms with Gasteiger partial charge in [-0.25, -0.2) is 4.98 Å². The van der Waals surface area contributed by atoms with Gasteiger partial charge < -0.3 is 4.98 Å². The predicted molar refractivity (Wildman–Crippen MR) is 75.0 cm³/mol. The molecule has 0 saturated carbocycles. The minimum Gasteiger partial charge on any atom is -0.339 e. The van der Waals surface area contributed by atoms with E-state index in [0.717, 1.165) is 16.9 Å². The van der Waals surface area contributed by atoms with Crippen molar-refractivity contribution in [2.75, 3.05) is 0 Å². The number of pyridine rings is 1. The fourth-order valence-corrected chi connectivity index (χ4v) is 2.53. The van der Waals surface area contributed by atoms with Crippen LogP contribution in [0.15, 0.2) is 48.5 Å². The maximum Gasteiger partial charge on any atom is 0.139 e. The Labute approximate surface area is 105 Å². The van der Waals surface area contributed by atoms with Crippen LogP contribution >= 0.6 is 0 Å². The highest BCUT2D eigenvalue weighted by Crippen LogP contribution is 2.32. The maximum absolute atomic E-state index is 4.65. The second-order valence-corrected chi connectivity index (χ2v) is 4.75. The van der Waals surface area contributed by atoms with Gasteiger partial charge in [0.05, 0.1) is 5.52 Å². The van der Waals surface area contributed by atoms with Crippen molar-refractivity contribution in [2.24, 2.45) is 0 Å². The summed E-state index contributed by atoms with van der Waals surface area (Å²) >= 11 is 0. The van der Waals surface area contributed by atoms with Gasteiger partial charge in [0, 0.05) is 16.5 Å². The van der Waals surface area contributed by atoms with Crippen LogP contribution < -0.4 is 0 Å². The molecule has 0 aromatic heterocycles.